The average molecular weight is 391 g/mol. The van der Waals surface area contributed by atoms with Crippen LogP contribution in [-0.4, -0.2) is 10.9 Å². The number of hydrogen-bond donors (Lipinski definition) is 1. The molecule has 0 aliphatic heterocycles. The topological polar surface area (TPSA) is 42.0 Å². The number of nitrogens with zero attached hydrogens (tertiary/aromatic N) is 1. The predicted octanol–water partition coefficient (Wildman–Crippen LogP) is 5.66. The second kappa shape index (κ2) is 6.03. The zero-order valence-corrected chi connectivity index (χ0v) is 15.9. The average Bonchev–Trinajstić information content (AvgIpc) is 3.02. The minimum Gasteiger partial charge on any atom is -0.298 e. The molecule has 1 amide bonds. The molecule has 0 unspecified atom stereocenters. The molecule has 0 radical (unpaired) electrons. The first-order valence-electron chi connectivity index (χ1n) is 9.23. The number of rotatable bonds is 3. The summed E-state index contributed by atoms with van der Waals surface area (Å²) < 4.78 is 14.0. The van der Waals surface area contributed by atoms with Gasteiger partial charge in [0.1, 0.15) is 5.82 Å². The number of halogens is 2. The first kappa shape index (κ1) is 16.7. The summed E-state index contributed by atoms with van der Waals surface area (Å²) >= 11 is 7.19. The summed E-state index contributed by atoms with van der Waals surface area (Å²) in [5, 5.41) is 5.68. The maximum Gasteiger partial charge on any atom is 0.260 e. The van der Waals surface area contributed by atoms with Crippen LogP contribution in [0.1, 0.15) is 54.6 Å². The number of nitrogens with one attached hydrogen (secondary N) is 1. The fourth-order valence-corrected chi connectivity index (χ4v) is 6.82. The van der Waals surface area contributed by atoms with Crippen LogP contribution in [-0.2, 0) is 5.41 Å². The number of carbonyl (C=O) groups excluding carboxylic acids is 1. The van der Waals surface area contributed by atoms with Gasteiger partial charge in [-0.15, -0.1) is 11.3 Å². The normalized spacial score (nSPS) is 32.0. The molecule has 4 bridgehead atoms. The Kier molecular flexibility index (Phi) is 3.87. The molecule has 3 nitrogen and oxygen atoms in total. The maximum absolute atomic E-state index is 14.0. The second-order valence-corrected chi connectivity index (χ2v) is 9.61. The zero-order valence-electron chi connectivity index (χ0n) is 14.3. The van der Waals surface area contributed by atoms with Crippen molar-refractivity contribution in [3.8, 4) is 0 Å². The third-order valence-corrected chi connectivity index (χ3v) is 7.47. The monoisotopic (exact) mass is 390 g/mol. The van der Waals surface area contributed by atoms with Crippen LogP contribution in [0, 0.1) is 23.6 Å². The Morgan fingerprint density at radius 2 is 1.85 bits per heavy atom. The summed E-state index contributed by atoms with van der Waals surface area (Å²) in [5.74, 6) is 1.45. The van der Waals surface area contributed by atoms with E-state index in [0.29, 0.717) is 5.13 Å². The van der Waals surface area contributed by atoms with Gasteiger partial charge in [-0.25, -0.2) is 9.37 Å². The molecule has 4 aliphatic carbocycles. The fourth-order valence-electron chi connectivity index (χ4n) is 5.84. The Hall–Kier alpha value is -1.46. The van der Waals surface area contributed by atoms with Gasteiger partial charge in [-0.2, -0.15) is 0 Å². The van der Waals surface area contributed by atoms with Crippen LogP contribution in [0.15, 0.2) is 23.6 Å². The molecule has 6 heteroatoms. The molecule has 1 N–H and O–H groups in total. The summed E-state index contributed by atoms with van der Waals surface area (Å²) in [5.41, 5.74) is 1.33. The van der Waals surface area contributed by atoms with Gasteiger partial charge in [0, 0.05) is 15.8 Å². The van der Waals surface area contributed by atoms with Crippen molar-refractivity contribution in [2.75, 3.05) is 5.32 Å². The lowest BCUT2D eigenvalue weighted by atomic mass is 9.49. The molecular formula is C20H20ClFN2OS. The number of hydrogen-bond acceptors (Lipinski definition) is 3. The molecule has 4 saturated carbocycles. The number of thiazole rings is 1. The van der Waals surface area contributed by atoms with E-state index in [1.165, 1.54) is 62.0 Å². The third kappa shape index (κ3) is 2.76. The van der Waals surface area contributed by atoms with E-state index in [-0.39, 0.29) is 16.0 Å². The standard InChI is InChI=1S/C20H20ClFN2OS/c21-14-1-2-15(16(22)6-14)18(25)24-19-23-17(10-26-19)20-7-11-3-12(8-20)5-13(4-11)9-20/h1-2,6,10-13H,3-5,7-9H2,(H,23,24,25). The SMILES string of the molecule is O=C(Nc1nc(C23CC4CC(CC(C4)C2)C3)cs1)c1ccc(Cl)cc1F. The molecule has 1 aromatic heterocycles. The molecule has 2 aromatic rings. The van der Waals surface area contributed by atoms with Crippen LogP contribution < -0.4 is 5.32 Å². The van der Waals surface area contributed by atoms with Gasteiger partial charge in [-0.3, -0.25) is 10.1 Å². The van der Waals surface area contributed by atoms with Crippen molar-refractivity contribution in [3.05, 3.63) is 45.7 Å². The van der Waals surface area contributed by atoms with E-state index in [9.17, 15) is 9.18 Å². The largest absolute Gasteiger partial charge is 0.298 e. The van der Waals surface area contributed by atoms with Gasteiger partial charge in [-0.05, 0) is 74.5 Å². The smallest absolute Gasteiger partial charge is 0.260 e. The quantitative estimate of drug-likeness (QED) is 0.735. The lowest BCUT2D eigenvalue weighted by Crippen LogP contribution is -2.48. The van der Waals surface area contributed by atoms with E-state index in [0.717, 1.165) is 29.5 Å². The lowest BCUT2D eigenvalue weighted by molar-refractivity contribution is -0.00688. The highest BCUT2D eigenvalue weighted by Crippen LogP contribution is 2.60. The Labute approximate surface area is 161 Å². The summed E-state index contributed by atoms with van der Waals surface area (Å²) in [6.07, 6.45) is 7.89. The maximum atomic E-state index is 14.0. The molecule has 1 heterocycles. The van der Waals surface area contributed by atoms with Crippen LogP contribution >= 0.6 is 22.9 Å². The van der Waals surface area contributed by atoms with Crippen molar-refractivity contribution < 1.29 is 9.18 Å². The summed E-state index contributed by atoms with van der Waals surface area (Å²) in [6.45, 7) is 0. The Morgan fingerprint density at radius 3 is 2.46 bits per heavy atom. The molecular weight excluding hydrogens is 371 g/mol. The van der Waals surface area contributed by atoms with E-state index in [4.69, 9.17) is 16.6 Å². The van der Waals surface area contributed by atoms with E-state index in [2.05, 4.69) is 10.7 Å². The second-order valence-electron chi connectivity index (χ2n) is 8.31. The van der Waals surface area contributed by atoms with Gasteiger partial charge in [0.05, 0.1) is 11.3 Å². The Morgan fingerprint density at radius 1 is 1.19 bits per heavy atom. The third-order valence-electron chi connectivity index (χ3n) is 6.48. The van der Waals surface area contributed by atoms with Crippen molar-refractivity contribution in [1.29, 1.82) is 0 Å². The van der Waals surface area contributed by atoms with E-state index in [1.54, 1.807) is 0 Å². The van der Waals surface area contributed by atoms with Crippen LogP contribution in [0.3, 0.4) is 0 Å². The summed E-state index contributed by atoms with van der Waals surface area (Å²) in [7, 11) is 0. The van der Waals surface area contributed by atoms with E-state index in [1.807, 2.05) is 0 Å². The molecule has 26 heavy (non-hydrogen) atoms. The molecule has 4 aliphatic rings. The van der Waals surface area contributed by atoms with Crippen LogP contribution in [0.5, 0.6) is 0 Å². The van der Waals surface area contributed by atoms with Gasteiger partial charge >= 0.3 is 0 Å². The Bertz CT molecular complexity index is 845. The molecule has 1 aromatic carbocycles. The molecule has 136 valence electrons. The highest BCUT2D eigenvalue weighted by molar-refractivity contribution is 7.14. The van der Waals surface area contributed by atoms with Gasteiger partial charge in [-0.1, -0.05) is 11.6 Å². The number of anilines is 1. The zero-order chi connectivity index (χ0) is 17.9. The number of amides is 1. The predicted molar refractivity (Wildman–Crippen MR) is 101 cm³/mol. The van der Waals surface area contributed by atoms with Crippen LogP contribution in [0.4, 0.5) is 9.52 Å². The van der Waals surface area contributed by atoms with Crippen molar-refractivity contribution in [3.63, 3.8) is 0 Å². The molecule has 4 fully saturated rings. The van der Waals surface area contributed by atoms with Gasteiger partial charge in [0.15, 0.2) is 5.13 Å². The van der Waals surface area contributed by atoms with Crippen LogP contribution in [0.25, 0.3) is 0 Å². The molecule has 0 spiro atoms. The van der Waals surface area contributed by atoms with Crippen LogP contribution in [0.2, 0.25) is 5.02 Å². The molecule has 0 atom stereocenters. The highest BCUT2D eigenvalue weighted by atomic mass is 35.5. The van der Waals surface area contributed by atoms with E-state index < -0.39 is 11.7 Å². The van der Waals surface area contributed by atoms with Crippen molar-refractivity contribution >= 4 is 34.0 Å². The number of carbonyl (C=O) groups is 1. The van der Waals surface area contributed by atoms with Gasteiger partial charge < -0.3 is 0 Å². The van der Waals surface area contributed by atoms with E-state index >= 15 is 0 Å². The van der Waals surface area contributed by atoms with Gasteiger partial charge in [0.25, 0.3) is 5.91 Å². The number of benzene rings is 1. The van der Waals surface area contributed by atoms with Crippen molar-refractivity contribution in [1.82, 2.24) is 4.98 Å². The minimum atomic E-state index is -0.618. The number of aromatic nitrogens is 1. The fraction of sp³-hybridized carbons (Fsp3) is 0.500. The van der Waals surface area contributed by atoms with Crippen molar-refractivity contribution in [2.24, 2.45) is 17.8 Å². The Balaban J connectivity index is 1.37. The molecule has 6 rings (SSSR count). The first-order chi connectivity index (χ1) is 12.5. The van der Waals surface area contributed by atoms with Crippen molar-refractivity contribution in [2.45, 2.75) is 43.9 Å². The summed E-state index contributed by atoms with van der Waals surface area (Å²) in [4.78, 5) is 17.1. The molecule has 0 saturated heterocycles. The minimum absolute atomic E-state index is 0.0130. The summed E-state index contributed by atoms with van der Waals surface area (Å²) in [6, 6.07) is 4.07. The first-order valence-corrected chi connectivity index (χ1v) is 10.5. The highest BCUT2D eigenvalue weighted by Gasteiger charge is 2.52. The lowest BCUT2D eigenvalue weighted by Gasteiger charge is -2.56. The van der Waals surface area contributed by atoms with Gasteiger partial charge in [0.2, 0.25) is 0 Å².